The number of carboxylic acid groups (broad SMARTS) is 1. The van der Waals surface area contributed by atoms with Gasteiger partial charge in [0, 0.05) is 12.3 Å². The maximum absolute atomic E-state index is 12.3. The number of carbonyl (C=O) groups is 1. The number of alkyl halides is 4. The van der Waals surface area contributed by atoms with Gasteiger partial charge in [-0.25, -0.2) is 14.8 Å². The largest absolute Gasteiger partial charge is 0.477 e. The Bertz CT molecular complexity index is 567. The molecule has 1 aromatic rings. The van der Waals surface area contributed by atoms with Crippen LogP contribution in [0.3, 0.4) is 0 Å². The smallest absolute Gasteiger partial charge is 0.411 e. The summed E-state index contributed by atoms with van der Waals surface area (Å²) in [6, 6.07) is 4.57. The molecule has 10 heteroatoms. The Morgan fingerprint density at radius 2 is 2.24 bits per heavy atom. The van der Waals surface area contributed by atoms with Crippen LogP contribution in [0.2, 0.25) is 0 Å². The predicted molar refractivity (Wildman–Crippen MR) is 66.2 cm³/mol. The molecule has 1 aliphatic rings. The first-order chi connectivity index (χ1) is 9.71. The van der Waals surface area contributed by atoms with Gasteiger partial charge >= 0.3 is 12.1 Å². The number of pyridine rings is 1. The van der Waals surface area contributed by atoms with Crippen LogP contribution in [0.15, 0.2) is 36.2 Å². The Kier molecular flexibility index (Phi) is 3.97. The second kappa shape index (κ2) is 5.41. The highest BCUT2D eigenvalue weighted by molar-refractivity contribution is 6.26. The quantitative estimate of drug-likeness (QED) is 0.650. The van der Waals surface area contributed by atoms with Gasteiger partial charge in [0.25, 0.3) is 5.18 Å². The molecule has 0 aliphatic carbocycles. The van der Waals surface area contributed by atoms with Gasteiger partial charge in [-0.2, -0.15) is 13.2 Å². The summed E-state index contributed by atoms with van der Waals surface area (Å²) in [5.74, 6) is -1.30. The lowest BCUT2D eigenvalue weighted by Gasteiger charge is -2.32. The number of aliphatic carboxylic acids is 1. The summed E-state index contributed by atoms with van der Waals surface area (Å²) in [5, 5.41) is 7.66. The van der Waals surface area contributed by atoms with E-state index in [1.54, 1.807) is 12.1 Å². The van der Waals surface area contributed by atoms with Crippen LogP contribution < -0.4 is 10.4 Å². The summed E-state index contributed by atoms with van der Waals surface area (Å²) in [4.78, 5) is 14.8. The van der Waals surface area contributed by atoms with Crippen molar-refractivity contribution >= 4 is 23.4 Å². The van der Waals surface area contributed by atoms with Crippen LogP contribution in [0.5, 0.6) is 0 Å². The third-order valence-electron chi connectivity index (χ3n) is 2.41. The fraction of sp³-hybridized carbons (Fsp3) is 0.273. The van der Waals surface area contributed by atoms with Crippen molar-refractivity contribution in [1.82, 2.24) is 10.4 Å². The second-order valence-electron chi connectivity index (χ2n) is 4.01. The topological polar surface area (TPSA) is 74.7 Å². The third-order valence-corrected chi connectivity index (χ3v) is 2.79. The summed E-state index contributed by atoms with van der Waals surface area (Å²) in [5.41, 5.74) is 1.92. The van der Waals surface area contributed by atoms with Gasteiger partial charge in [-0.3, -0.25) is 5.43 Å². The molecule has 0 fully saturated rings. The van der Waals surface area contributed by atoms with Gasteiger partial charge in [0.2, 0.25) is 0 Å². The maximum Gasteiger partial charge on any atom is 0.411 e. The van der Waals surface area contributed by atoms with Crippen LogP contribution in [-0.4, -0.2) is 34.0 Å². The predicted octanol–water partition coefficient (Wildman–Crippen LogP) is 1.85. The van der Waals surface area contributed by atoms with Crippen LogP contribution in [0.25, 0.3) is 0 Å². The first-order valence-corrected chi connectivity index (χ1v) is 5.93. The average molecular weight is 324 g/mol. The molecular weight excluding hydrogens is 315 g/mol. The van der Waals surface area contributed by atoms with Gasteiger partial charge in [0.15, 0.2) is 5.82 Å². The summed E-state index contributed by atoms with van der Waals surface area (Å²) in [6.45, 7) is -1.65. The molecule has 0 amide bonds. The van der Waals surface area contributed by atoms with Crippen molar-refractivity contribution in [2.45, 2.75) is 11.4 Å². The van der Waals surface area contributed by atoms with E-state index < -0.39 is 29.6 Å². The zero-order valence-electron chi connectivity index (χ0n) is 10.3. The molecule has 2 N–H and O–H groups in total. The van der Waals surface area contributed by atoms with E-state index in [1.165, 1.54) is 12.3 Å². The lowest BCUT2D eigenvalue weighted by atomic mass is 10.4. The van der Waals surface area contributed by atoms with Crippen molar-refractivity contribution in [2.24, 2.45) is 0 Å². The summed E-state index contributed by atoms with van der Waals surface area (Å²) >= 11 is 5.98. The van der Waals surface area contributed by atoms with Gasteiger partial charge in [-0.15, -0.1) is 0 Å². The number of nitrogens with zero attached hydrogens (tertiary/aromatic N) is 2. The Labute approximate surface area is 121 Å². The molecular formula is C11H9ClF3N3O3. The lowest BCUT2D eigenvalue weighted by Crippen LogP contribution is -2.49. The first kappa shape index (κ1) is 15.4. The van der Waals surface area contributed by atoms with E-state index in [0.29, 0.717) is 0 Å². The SMILES string of the molecule is O=C(O)C1=CC(Cl)(OCC(F)(F)F)N(c2ccccn2)N1. The zero-order valence-corrected chi connectivity index (χ0v) is 11.0. The fourth-order valence-corrected chi connectivity index (χ4v) is 1.86. The minimum Gasteiger partial charge on any atom is -0.477 e. The van der Waals surface area contributed by atoms with Crippen LogP contribution in [0.4, 0.5) is 19.0 Å². The number of hydrazine groups is 1. The third kappa shape index (κ3) is 3.56. The molecule has 2 heterocycles. The van der Waals surface area contributed by atoms with Crippen molar-refractivity contribution in [3.8, 4) is 0 Å². The number of carboxylic acids is 1. The molecule has 114 valence electrons. The number of aromatic nitrogens is 1. The highest BCUT2D eigenvalue weighted by atomic mass is 35.5. The molecule has 1 unspecified atom stereocenters. The Balaban J connectivity index is 2.29. The number of nitrogens with one attached hydrogen (secondary N) is 1. The molecule has 1 atom stereocenters. The van der Waals surface area contributed by atoms with Crippen LogP contribution in [0.1, 0.15) is 0 Å². The van der Waals surface area contributed by atoms with Crippen molar-refractivity contribution in [2.75, 3.05) is 11.6 Å². The van der Waals surface area contributed by atoms with Crippen molar-refractivity contribution in [3.63, 3.8) is 0 Å². The fourth-order valence-electron chi connectivity index (χ4n) is 1.57. The zero-order chi connectivity index (χ0) is 15.7. The number of ether oxygens (including phenoxy) is 1. The molecule has 0 bridgehead atoms. The lowest BCUT2D eigenvalue weighted by molar-refractivity contribution is -0.185. The van der Waals surface area contributed by atoms with E-state index in [0.717, 1.165) is 11.1 Å². The summed E-state index contributed by atoms with van der Waals surface area (Å²) in [7, 11) is 0. The van der Waals surface area contributed by atoms with E-state index >= 15 is 0 Å². The number of halogens is 4. The highest BCUT2D eigenvalue weighted by Gasteiger charge is 2.45. The van der Waals surface area contributed by atoms with Crippen molar-refractivity contribution in [1.29, 1.82) is 0 Å². The monoisotopic (exact) mass is 323 g/mol. The Morgan fingerprint density at radius 3 is 2.76 bits per heavy atom. The number of rotatable bonds is 4. The second-order valence-corrected chi connectivity index (χ2v) is 4.55. The van der Waals surface area contributed by atoms with Gasteiger partial charge in [-0.1, -0.05) is 17.7 Å². The van der Waals surface area contributed by atoms with Crippen LogP contribution in [-0.2, 0) is 9.53 Å². The van der Waals surface area contributed by atoms with E-state index in [2.05, 4.69) is 15.1 Å². The molecule has 1 aliphatic heterocycles. The summed E-state index contributed by atoms with van der Waals surface area (Å²) in [6.07, 6.45) is -2.41. The number of hydrogen-bond acceptors (Lipinski definition) is 5. The Hall–Kier alpha value is -2.00. The average Bonchev–Trinajstić information content (AvgIpc) is 2.76. The van der Waals surface area contributed by atoms with Gasteiger partial charge in [0.1, 0.15) is 12.3 Å². The molecule has 6 nitrogen and oxygen atoms in total. The van der Waals surface area contributed by atoms with Crippen molar-refractivity contribution < 1.29 is 27.8 Å². The molecule has 0 radical (unpaired) electrons. The number of hydrogen-bond donors (Lipinski definition) is 2. The van der Waals surface area contributed by atoms with E-state index in [9.17, 15) is 18.0 Å². The molecule has 0 saturated heterocycles. The van der Waals surface area contributed by atoms with Gasteiger partial charge in [0.05, 0.1) is 0 Å². The first-order valence-electron chi connectivity index (χ1n) is 5.55. The molecule has 1 aromatic heterocycles. The Morgan fingerprint density at radius 1 is 1.52 bits per heavy atom. The van der Waals surface area contributed by atoms with Crippen molar-refractivity contribution in [3.05, 3.63) is 36.2 Å². The molecule has 0 spiro atoms. The minimum absolute atomic E-state index is 0.0992. The molecule has 0 aromatic carbocycles. The summed E-state index contributed by atoms with van der Waals surface area (Å²) < 4.78 is 41.5. The normalized spacial score (nSPS) is 21.9. The highest BCUT2D eigenvalue weighted by Crippen LogP contribution is 2.34. The molecule has 2 rings (SSSR count). The maximum atomic E-state index is 12.3. The molecule has 21 heavy (non-hydrogen) atoms. The van der Waals surface area contributed by atoms with Gasteiger partial charge in [-0.05, 0) is 12.1 Å². The van der Waals surface area contributed by atoms with Crippen LogP contribution >= 0.6 is 11.6 Å². The van der Waals surface area contributed by atoms with E-state index in [4.69, 9.17) is 16.7 Å². The standard InChI is InChI=1S/C11H9ClF3N3O3/c12-10(21-6-11(13,14)15)5-7(9(19)20)17-18(10)8-3-1-2-4-16-8/h1-5,17H,6H2,(H,19,20). The van der Waals surface area contributed by atoms with E-state index in [-0.39, 0.29) is 5.82 Å². The number of anilines is 1. The van der Waals surface area contributed by atoms with E-state index in [1.807, 2.05) is 0 Å². The van der Waals surface area contributed by atoms with Crippen LogP contribution in [0, 0.1) is 0 Å². The minimum atomic E-state index is -4.61. The molecule has 0 saturated carbocycles. The van der Waals surface area contributed by atoms with Gasteiger partial charge < -0.3 is 9.84 Å².